The Kier molecular flexibility index (Phi) is 6.39. The van der Waals surface area contributed by atoms with Crippen LogP contribution < -0.4 is 4.74 Å². The molecular formula is C24H26ClN3O2S. The lowest BCUT2D eigenvalue weighted by atomic mass is 9.92. The lowest BCUT2D eigenvalue weighted by Crippen LogP contribution is -2.08. The second-order valence-corrected chi connectivity index (χ2v) is 9.40. The summed E-state index contributed by atoms with van der Waals surface area (Å²) in [6.07, 6.45) is 2.25. The Bertz CT molecular complexity index is 1140. The number of thioether (sulfide) groups is 1. The van der Waals surface area contributed by atoms with Crippen LogP contribution in [0.1, 0.15) is 64.2 Å². The van der Waals surface area contributed by atoms with Crippen LogP contribution in [0.3, 0.4) is 0 Å². The Hall–Kier alpha value is -2.31. The van der Waals surface area contributed by atoms with E-state index in [1.165, 1.54) is 11.1 Å². The minimum atomic E-state index is 0.112. The monoisotopic (exact) mass is 455 g/mol. The Labute approximate surface area is 192 Å². The number of Topliss-reactive ketones (excluding diaryl/α,β-unsaturated/α-hetero) is 1. The summed E-state index contributed by atoms with van der Waals surface area (Å²) in [5.74, 6) is 2.31. The van der Waals surface area contributed by atoms with Gasteiger partial charge in [0.2, 0.25) is 0 Å². The first-order chi connectivity index (χ1) is 14.9. The second-order valence-electron chi connectivity index (χ2n) is 8.05. The van der Waals surface area contributed by atoms with E-state index >= 15 is 0 Å². The highest BCUT2D eigenvalue weighted by Gasteiger charge is 2.30. The van der Waals surface area contributed by atoms with Gasteiger partial charge in [-0.1, -0.05) is 41.6 Å². The van der Waals surface area contributed by atoms with Crippen molar-refractivity contribution in [3.8, 4) is 5.75 Å². The van der Waals surface area contributed by atoms with Crippen molar-refractivity contribution in [3.05, 3.63) is 69.0 Å². The van der Waals surface area contributed by atoms with Crippen LogP contribution >= 0.6 is 23.4 Å². The van der Waals surface area contributed by atoms with E-state index in [9.17, 15) is 4.79 Å². The first-order valence-corrected chi connectivity index (χ1v) is 11.8. The number of aromatic nitrogens is 3. The van der Waals surface area contributed by atoms with Crippen molar-refractivity contribution in [3.63, 3.8) is 0 Å². The fourth-order valence-corrected chi connectivity index (χ4v) is 5.43. The number of ketones is 1. The van der Waals surface area contributed by atoms with Gasteiger partial charge < -0.3 is 4.74 Å². The van der Waals surface area contributed by atoms with Crippen molar-refractivity contribution < 1.29 is 9.53 Å². The number of carbonyl (C=O) groups is 1. The van der Waals surface area contributed by atoms with Gasteiger partial charge in [0.05, 0.1) is 5.02 Å². The topological polar surface area (TPSA) is 57.0 Å². The van der Waals surface area contributed by atoms with E-state index in [2.05, 4.69) is 27.8 Å². The number of halogens is 1. The number of nitrogens with zero attached hydrogens (tertiary/aromatic N) is 3. The van der Waals surface area contributed by atoms with Crippen molar-refractivity contribution in [1.82, 2.24) is 14.8 Å². The maximum atomic E-state index is 12.1. The van der Waals surface area contributed by atoms with E-state index in [0.29, 0.717) is 23.4 Å². The van der Waals surface area contributed by atoms with Gasteiger partial charge in [-0.3, -0.25) is 9.36 Å². The minimum Gasteiger partial charge on any atom is -0.484 e. The second kappa shape index (κ2) is 9.05. The molecule has 1 aromatic heterocycles. The number of hydrogen-bond acceptors (Lipinski definition) is 5. The maximum absolute atomic E-state index is 12.1. The third-order valence-corrected chi connectivity index (χ3v) is 6.95. The van der Waals surface area contributed by atoms with Crippen molar-refractivity contribution in [2.45, 2.75) is 64.1 Å². The molecule has 5 nitrogen and oxygen atoms in total. The summed E-state index contributed by atoms with van der Waals surface area (Å²) in [7, 11) is 0. The molecule has 0 atom stereocenters. The van der Waals surface area contributed by atoms with Crippen LogP contribution in [-0.2, 0) is 12.4 Å². The molecule has 0 saturated heterocycles. The molecule has 2 aromatic carbocycles. The lowest BCUT2D eigenvalue weighted by molar-refractivity contribution is 0.101. The SMILES string of the molecule is CC(=O)c1c(C)cc(C)c(CSc2nnc(COc3ccccc3Cl)n2C2CC2)c1C. The van der Waals surface area contributed by atoms with Crippen LogP contribution in [0.2, 0.25) is 5.02 Å². The van der Waals surface area contributed by atoms with Gasteiger partial charge in [-0.15, -0.1) is 10.2 Å². The molecule has 4 rings (SSSR count). The van der Waals surface area contributed by atoms with Crippen LogP contribution in [-0.4, -0.2) is 20.5 Å². The molecule has 1 saturated carbocycles. The number of carbonyl (C=O) groups excluding carboxylic acids is 1. The van der Waals surface area contributed by atoms with Crippen molar-refractivity contribution in [1.29, 1.82) is 0 Å². The van der Waals surface area contributed by atoms with E-state index in [1.807, 2.05) is 38.1 Å². The average Bonchev–Trinajstić information content (AvgIpc) is 3.47. The smallest absolute Gasteiger partial charge is 0.191 e. The Morgan fingerprint density at radius 2 is 1.94 bits per heavy atom. The van der Waals surface area contributed by atoms with Crippen LogP contribution in [0.15, 0.2) is 35.5 Å². The van der Waals surface area contributed by atoms with Gasteiger partial charge in [0.15, 0.2) is 16.8 Å². The van der Waals surface area contributed by atoms with E-state index in [0.717, 1.165) is 46.3 Å². The molecule has 7 heteroatoms. The summed E-state index contributed by atoms with van der Waals surface area (Å²) in [5.41, 5.74) is 5.33. The zero-order chi connectivity index (χ0) is 22.1. The average molecular weight is 456 g/mol. The molecule has 1 aliphatic carbocycles. The Morgan fingerprint density at radius 1 is 1.19 bits per heavy atom. The molecule has 0 spiro atoms. The van der Waals surface area contributed by atoms with Gasteiger partial charge in [0.1, 0.15) is 12.4 Å². The third-order valence-electron chi connectivity index (χ3n) is 5.67. The van der Waals surface area contributed by atoms with E-state index in [4.69, 9.17) is 16.3 Å². The van der Waals surface area contributed by atoms with Crippen LogP contribution in [0, 0.1) is 20.8 Å². The van der Waals surface area contributed by atoms with Gasteiger partial charge in [0, 0.05) is 17.4 Å². The van der Waals surface area contributed by atoms with E-state index in [1.54, 1.807) is 18.7 Å². The predicted octanol–water partition coefficient (Wildman–Crippen LogP) is 6.27. The molecule has 31 heavy (non-hydrogen) atoms. The molecule has 0 amide bonds. The summed E-state index contributed by atoms with van der Waals surface area (Å²) in [6, 6.07) is 9.97. The van der Waals surface area contributed by atoms with Gasteiger partial charge in [-0.25, -0.2) is 0 Å². The van der Waals surface area contributed by atoms with Crippen molar-refractivity contribution in [2.24, 2.45) is 0 Å². The summed E-state index contributed by atoms with van der Waals surface area (Å²) < 4.78 is 8.11. The Balaban J connectivity index is 1.55. The summed E-state index contributed by atoms with van der Waals surface area (Å²) >= 11 is 7.87. The summed E-state index contributed by atoms with van der Waals surface area (Å²) in [4.78, 5) is 12.1. The zero-order valence-electron chi connectivity index (χ0n) is 18.2. The fraction of sp³-hybridized carbons (Fsp3) is 0.375. The normalized spacial score (nSPS) is 13.5. The molecule has 0 aliphatic heterocycles. The molecule has 1 aliphatic rings. The number of para-hydroxylation sites is 1. The number of ether oxygens (including phenoxy) is 1. The van der Waals surface area contributed by atoms with Gasteiger partial charge in [-0.05, 0) is 74.9 Å². The van der Waals surface area contributed by atoms with Gasteiger partial charge in [0.25, 0.3) is 0 Å². The Morgan fingerprint density at radius 3 is 2.61 bits per heavy atom. The standard InChI is InChI=1S/C24H26ClN3O2S/c1-14-11-15(2)23(17(4)29)16(3)19(14)13-31-24-27-26-22(28(24)18-9-10-18)12-30-21-8-6-5-7-20(21)25/h5-8,11,18H,9-10,12-13H2,1-4H3. The van der Waals surface area contributed by atoms with Gasteiger partial charge in [-0.2, -0.15) is 0 Å². The first kappa shape index (κ1) is 21.9. The highest BCUT2D eigenvalue weighted by molar-refractivity contribution is 7.98. The number of benzene rings is 2. The predicted molar refractivity (Wildman–Crippen MR) is 124 cm³/mol. The molecule has 0 radical (unpaired) electrons. The van der Waals surface area contributed by atoms with E-state index < -0.39 is 0 Å². The van der Waals surface area contributed by atoms with Crippen LogP contribution in [0.4, 0.5) is 0 Å². The number of hydrogen-bond donors (Lipinski definition) is 0. The van der Waals surface area contributed by atoms with Crippen LogP contribution in [0.25, 0.3) is 0 Å². The summed E-state index contributed by atoms with van der Waals surface area (Å²) in [5, 5.41) is 10.3. The minimum absolute atomic E-state index is 0.112. The third kappa shape index (κ3) is 4.65. The molecule has 0 unspecified atom stereocenters. The van der Waals surface area contributed by atoms with E-state index in [-0.39, 0.29) is 5.78 Å². The quantitative estimate of drug-likeness (QED) is 0.296. The summed E-state index contributed by atoms with van der Waals surface area (Å²) in [6.45, 7) is 8.11. The molecule has 0 N–H and O–H groups in total. The van der Waals surface area contributed by atoms with Gasteiger partial charge >= 0.3 is 0 Å². The zero-order valence-corrected chi connectivity index (χ0v) is 19.8. The number of aryl methyl sites for hydroxylation is 2. The van der Waals surface area contributed by atoms with Crippen molar-refractivity contribution >= 4 is 29.1 Å². The lowest BCUT2D eigenvalue weighted by Gasteiger charge is -2.16. The molecular weight excluding hydrogens is 430 g/mol. The highest BCUT2D eigenvalue weighted by atomic mass is 35.5. The molecule has 1 fully saturated rings. The van der Waals surface area contributed by atoms with Crippen molar-refractivity contribution in [2.75, 3.05) is 0 Å². The molecule has 0 bridgehead atoms. The molecule has 162 valence electrons. The number of rotatable bonds is 8. The first-order valence-electron chi connectivity index (χ1n) is 10.4. The maximum Gasteiger partial charge on any atom is 0.191 e. The fourth-order valence-electron chi connectivity index (χ4n) is 4.03. The largest absolute Gasteiger partial charge is 0.484 e. The van der Waals surface area contributed by atoms with Crippen LogP contribution in [0.5, 0.6) is 5.75 Å². The molecule has 3 aromatic rings. The highest BCUT2D eigenvalue weighted by Crippen LogP contribution is 2.40. The molecule has 1 heterocycles.